The Hall–Kier alpha value is -1.84. The molecule has 0 radical (unpaired) electrons. The Morgan fingerprint density at radius 1 is 1.10 bits per heavy atom. The fourth-order valence-electron chi connectivity index (χ4n) is 2.54. The van der Waals surface area contributed by atoms with Crippen LogP contribution in [0, 0.1) is 5.92 Å². The van der Waals surface area contributed by atoms with Gasteiger partial charge < -0.3 is 10.6 Å². The van der Waals surface area contributed by atoms with Crippen molar-refractivity contribution in [3.8, 4) is 0 Å². The second-order valence-corrected chi connectivity index (χ2v) is 5.57. The summed E-state index contributed by atoms with van der Waals surface area (Å²) in [5, 5.41) is 5.64. The first kappa shape index (κ1) is 14.6. The van der Waals surface area contributed by atoms with E-state index in [4.69, 9.17) is 0 Å². The standard InChI is InChI=1S/C16H22N2O2/c1-12-7-9-14(10-8-12)18-15(19)11-17-16(20)13-5-3-2-4-6-13/h2-6,12,14H,7-11H2,1H3,(H,17,20)(H,18,19). The monoisotopic (exact) mass is 274 g/mol. The summed E-state index contributed by atoms with van der Waals surface area (Å²) in [5.74, 6) is 0.452. The van der Waals surface area contributed by atoms with Crippen molar-refractivity contribution in [3.63, 3.8) is 0 Å². The lowest BCUT2D eigenvalue weighted by molar-refractivity contribution is -0.121. The first-order valence-electron chi connectivity index (χ1n) is 7.28. The van der Waals surface area contributed by atoms with E-state index < -0.39 is 0 Å². The summed E-state index contributed by atoms with van der Waals surface area (Å²) in [6.07, 6.45) is 4.42. The van der Waals surface area contributed by atoms with Crippen molar-refractivity contribution in [2.75, 3.05) is 6.54 Å². The normalized spacial score (nSPS) is 22.1. The molecule has 0 bridgehead atoms. The average Bonchev–Trinajstić information content (AvgIpc) is 2.48. The molecule has 108 valence electrons. The Morgan fingerprint density at radius 2 is 1.75 bits per heavy atom. The minimum Gasteiger partial charge on any atom is -0.352 e. The van der Waals surface area contributed by atoms with Gasteiger partial charge in [-0.2, -0.15) is 0 Å². The van der Waals surface area contributed by atoms with Crippen molar-refractivity contribution in [1.82, 2.24) is 10.6 Å². The van der Waals surface area contributed by atoms with Crippen LogP contribution < -0.4 is 10.6 Å². The number of carbonyl (C=O) groups excluding carboxylic acids is 2. The van der Waals surface area contributed by atoms with Gasteiger partial charge in [0.15, 0.2) is 0 Å². The molecule has 0 aliphatic heterocycles. The number of benzene rings is 1. The SMILES string of the molecule is CC1CCC(NC(=O)CNC(=O)c2ccccc2)CC1. The highest BCUT2D eigenvalue weighted by atomic mass is 16.2. The highest BCUT2D eigenvalue weighted by molar-refractivity contribution is 5.96. The first-order valence-corrected chi connectivity index (χ1v) is 7.28. The van der Waals surface area contributed by atoms with Gasteiger partial charge in [-0.15, -0.1) is 0 Å². The number of nitrogens with one attached hydrogen (secondary N) is 2. The highest BCUT2D eigenvalue weighted by Gasteiger charge is 2.19. The maximum absolute atomic E-state index is 11.8. The Morgan fingerprint density at radius 3 is 2.40 bits per heavy atom. The topological polar surface area (TPSA) is 58.2 Å². The van der Waals surface area contributed by atoms with E-state index >= 15 is 0 Å². The molecule has 1 aromatic rings. The summed E-state index contributed by atoms with van der Waals surface area (Å²) in [7, 11) is 0. The molecule has 2 rings (SSSR count). The summed E-state index contributed by atoms with van der Waals surface area (Å²) in [6.45, 7) is 2.29. The smallest absolute Gasteiger partial charge is 0.251 e. The quantitative estimate of drug-likeness (QED) is 0.883. The molecule has 1 aromatic carbocycles. The van der Waals surface area contributed by atoms with Crippen molar-refractivity contribution < 1.29 is 9.59 Å². The molecule has 4 heteroatoms. The molecule has 0 aromatic heterocycles. The molecule has 0 heterocycles. The average molecular weight is 274 g/mol. The summed E-state index contributed by atoms with van der Waals surface area (Å²) >= 11 is 0. The summed E-state index contributed by atoms with van der Waals surface area (Å²) in [6, 6.07) is 9.20. The molecule has 20 heavy (non-hydrogen) atoms. The largest absolute Gasteiger partial charge is 0.352 e. The fourth-order valence-corrected chi connectivity index (χ4v) is 2.54. The van der Waals surface area contributed by atoms with E-state index in [9.17, 15) is 9.59 Å². The van der Waals surface area contributed by atoms with E-state index in [0.29, 0.717) is 5.56 Å². The molecular weight excluding hydrogens is 252 g/mol. The fraction of sp³-hybridized carbons (Fsp3) is 0.500. The highest BCUT2D eigenvalue weighted by Crippen LogP contribution is 2.23. The molecule has 2 amide bonds. The maximum Gasteiger partial charge on any atom is 0.251 e. The van der Waals surface area contributed by atoms with Gasteiger partial charge >= 0.3 is 0 Å². The number of hydrogen-bond donors (Lipinski definition) is 2. The molecule has 4 nitrogen and oxygen atoms in total. The zero-order valence-electron chi connectivity index (χ0n) is 11.9. The van der Waals surface area contributed by atoms with E-state index in [1.807, 2.05) is 6.07 Å². The molecule has 1 aliphatic rings. The molecule has 2 N–H and O–H groups in total. The number of amides is 2. The van der Waals surface area contributed by atoms with Gasteiger partial charge in [-0.05, 0) is 43.7 Å². The van der Waals surface area contributed by atoms with Gasteiger partial charge in [0.25, 0.3) is 5.91 Å². The lowest BCUT2D eigenvalue weighted by atomic mass is 9.87. The van der Waals surface area contributed by atoms with Gasteiger partial charge in [0.05, 0.1) is 6.54 Å². The van der Waals surface area contributed by atoms with Crippen LogP contribution >= 0.6 is 0 Å². The second-order valence-electron chi connectivity index (χ2n) is 5.57. The second kappa shape index (κ2) is 7.08. The van der Waals surface area contributed by atoms with Crippen molar-refractivity contribution >= 4 is 11.8 Å². The lowest BCUT2D eigenvalue weighted by Crippen LogP contribution is -2.43. The van der Waals surface area contributed by atoms with Crippen LogP contribution in [0.4, 0.5) is 0 Å². The summed E-state index contributed by atoms with van der Waals surface area (Å²) in [4.78, 5) is 23.6. The number of rotatable bonds is 4. The van der Waals surface area contributed by atoms with E-state index in [-0.39, 0.29) is 24.4 Å². The Labute approximate surface area is 119 Å². The Kier molecular flexibility index (Phi) is 5.16. The summed E-state index contributed by atoms with van der Waals surface area (Å²) in [5.41, 5.74) is 0.576. The van der Waals surface area contributed by atoms with Crippen molar-refractivity contribution in [2.24, 2.45) is 5.92 Å². The van der Waals surface area contributed by atoms with Crippen LogP contribution in [0.2, 0.25) is 0 Å². The maximum atomic E-state index is 11.8. The molecule has 0 saturated heterocycles. The zero-order chi connectivity index (χ0) is 14.4. The minimum atomic E-state index is -0.210. The van der Waals surface area contributed by atoms with Gasteiger partial charge in [-0.1, -0.05) is 25.1 Å². The Bertz CT molecular complexity index is 451. The van der Waals surface area contributed by atoms with Crippen LogP contribution in [-0.2, 0) is 4.79 Å². The van der Waals surface area contributed by atoms with E-state index in [2.05, 4.69) is 17.6 Å². The van der Waals surface area contributed by atoms with Gasteiger partial charge in [0.2, 0.25) is 5.91 Å². The van der Waals surface area contributed by atoms with Gasteiger partial charge in [0, 0.05) is 11.6 Å². The van der Waals surface area contributed by atoms with Crippen molar-refractivity contribution in [1.29, 1.82) is 0 Å². The predicted molar refractivity (Wildman–Crippen MR) is 78.3 cm³/mol. The third-order valence-electron chi connectivity index (χ3n) is 3.83. The van der Waals surface area contributed by atoms with Crippen molar-refractivity contribution in [3.05, 3.63) is 35.9 Å². The lowest BCUT2D eigenvalue weighted by Gasteiger charge is -2.26. The first-order chi connectivity index (χ1) is 9.65. The van der Waals surface area contributed by atoms with Crippen LogP contribution in [0.5, 0.6) is 0 Å². The zero-order valence-corrected chi connectivity index (χ0v) is 11.9. The third-order valence-corrected chi connectivity index (χ3v) is 3.83. The summed E-state index contributed by atoms with van der Waals surface area (Å²) < 4.78 is 0. The number of hydrogen-bond acceptors (Lipinski definition) is 2. The third kappa shape index (κ3) is 4.37. The molecule has 0 spiro atoms. The Balaban J connectivity index is 1.71. The van der Waals surface area contributed by atoms with E-state index in [1.165, 1.54) is 12.8 Å². The van der Waals surface area contributed by atoms with Gasteiger partial charge in [-0.25, -0.2) is 0 Å². The number of carbonyl (C=O) groups is 2. The van der Waals surface area contributed by atoms with E-state index in [1.54, 1.807) is 24.3 Å². The molecule has 1 fully saturated rings. The van der Waals surface area contributed by atoms with Crippen LogP contribution in [0.15, 0.2) is 30.3 Å². The molecule has 0 unspecified atom stereocenters. The molecule has 1 aliphatic carbocycles. The van der Waals surface area contributed by atoms with Crippen LogP contribution in [0.3, 0.4) is 0 Å². The van der Waals surface area contributed by atoms with E-state index in [0.717, 1.165) is 18.8 Å². The van der Waals surface area contributed by atoms with Crippen molar-refractivity contribution in [2.45, 2.75) is 38.6 Å². The van der Waals surface area contributed by atoms with Gasteiger partial charge in [0.1, 0.15) is 0 Å². The minimum absolute atomic E-state index is 0.0414. The van der Waals surface area contributed by atoms with Crippen LogP contribution in [-0.4, -0.2) is 24.4 Å². The van der Waals surface area contributed by atoms with Crippen LogP contribution in [0.25, 0.3) is 0 Å². The molecular formula is C16H22N2O2. The van der Waals surface area contributed by atoms with Crippen LogP contribution in [0.1, 0.15) is 43.0 Å². The van der Waals surface area contributed by atoms with Gasteiger partial charge in [-0.3, -0.25) is 9.59 Å². The molecule has 0 atom stereocenters. The molecule has 1 saturated carbocycles. The predicted octanol–water partition coefficient (Wildman–Crippen LogP) is 2.11.